The van der Waals surface area contributed by atoms with Crippen molar-refractivity contribution in [2.45, 2.75) is 16.4 Å². The van der Waals surface area contributed by atoms with Crippen molar-refractivity contribution in [2.75, 3.05) is 12.1 Å². The monoisotopic (exact) mass is 461 g/mol. The third-order valence-electron chi connectivity index (χ3n) is 4.73. The van der Waals surface area contributed by atoms with Gasteiger partial charge in [0.15, 0.2) is 11.5 Å². The molecule has 3 aromatic carbocycles. The maximum Gasteiger partial charge on any atom is 0.265 e. The highest BCUT2D eigenvalue weighted by molar-refractivity contribution is 7.99. The van der Waals surface area contributed by atoms with Crippen LogP contribution in [-0.4, -0.2) is 12.7 Å². The van der Waals surface area contributed by atoms with Gasteiger partial charge in [-0.3, -0.25) is 4.79 Å². The average Bonchev–Trinajstić information content (AvgIpc) is 3.49. The van der Waals surface area contributed by atoms with Crippen LogP contribution in [-0.2, 0) is 6.61 Å². The molecule has 1 amide bonds. The van der Waals surface area contributed by atoms with E-state index in [-0.39, 0.29) is 12.7 Å². The standard InChI is InChI=1S/C25H19NO4S2/c27-25(26-20-8-4-5-9-23(20)32-19-6-2-1-3-7-19)24-12-17(15-31-24)14-28-18-10-11-21-22(13-18)30-16-29-21/h1-13,15H,14,16H2,(H,26,27). The van der Waals surface area contributed by atoms with E-state index in [1.54, 1.807) is 11.8 Å². The first-order chi connectivity index (χ1) is 15.7. The molecule has 0 fully saturated rings. The Morgan fingerprint density at radius 1 is 0.969 bits per heavy atom. The Bertz CT molecular complexity index is 1240. The van der Waals surface area contributed by atoms with Crippen LogP contribution in [0.25, 0.3) is 0 Å². The first-order valence-corrected chi connectivity index (χ1v) is 11.7. The molecule has 2 heterocycles. The number of para-hydroxylation sites is 1. The van der Waals surface area contributed by atoms with E-state index in [2.05, 4.69) is 17.4 Å². The van der Waals surface area contributed by atoms with E-state index in [0.717, 1.165) is 26.8 Å². The topological polar surface area (TPSA) is 56.8 Å². The van der Waals surface area contributed by atoms with Gasteiger partial charge in [-0.1, -0.05) is 42.1 Å². The number of carbonyl (C=O) groups excluding carboxylic acids is 1. The molecule has 4 aromatic rings. The van der Waals surface area contributed by atoms with Crippen molar-refractivity contribution in [3.63, 3.8) is 0 Å². The molecule has 0 bridgehead atoms. The zero-order chi connectivity index (χ0) is 21.8. The Labute approximate surface area is 194 Å². The lowest BCUT2D eigenvalue weighted by atomic mass is 10.3. The normalized spacial score (nSPS) is 11.9. The molecule has 1 N–H and O–H groups in total. The van der Waals surface area contributed by atoms with E-state index < -0.39 is 0 Å². The van der Waals surface area contributed by atoms with Gasteiger partial charge in [0.2, 0.25) is 6.79 Å². The van der Waals surface area contributed by atoms with Crippen molar-refractivity contribution in [1.82, 2.24) is 0 Å². The number of carbonyl (C=O) groups is 1. The van der Waals surface area contributed by atoms with Crippen molar-refractivity contribution in [3.05, 3.63) is 94.7 Å². The molecule has 0 atom stereocenters. The number of rotatable bonds is 7. The Hall–Kier alpha value is -3.42. The molecule has 5 rings (SSSR count). The van der Waals surface area contributed by atoms with Crippen molar-refractivity contribution in [2.24, 2.45) is 0 Å². The lowest BCUT2D eigenvalue weighted by Gasteiger charge is -2.10. The minimum atomic E-state index is -0.134. The van der Waals surface area contributed by atoms with E-state index in [1.807, 2.05) is 72.1 Å². The van der Waals surface area contributed by atoms with Crippen molar-refractivity contribution >= 4 is 34.7 Å². The number of ether oxygens (including phenoxy) is 3. The minimum Gasteiger partial charge on any atom is -0.489 e. The molecule has 1 aromatic heterocycles. The van der Waals surface area contributed by atoms with Crippen LogP contribution < -0.4 is 19.5 Å². The number of hydrogen-bond donors (Lipinski definition) is 1. The van der Waals surface area contributed by atoms with Crippen LogP contribution in [0.2, 0.25) is 0 Å². The first kappa shape index (κ1) is 20.5. The van der Waals surface area contributed by atoms with Gasteiger partial charge in [0, 0.05) is 21.4 Å². The van der Waals surface area contributed by atoms with E-state index in [4.69, 9.17) is 14.2 Å². The largest absolute Gasteiger partial charge is 0.489 e. The molecule has 160 valence electrons. The van der Waals surface area contributed by atoms with Crippen LogP contribution >= 0.6 is 23.1 Å². The second-order valence-electron chi connectivity index (χ2n) is 6.99. The molecule has 0 aliphatic carbocycles. The summed E-state index contributed by atoms with van der Waals surface area (Å²) in [7, 11) is 0. The molecular formula is C25H19NO4S2. The van der Waals surface area contributed by atoms with E-state index in [9.17, 15) is 4.79 Å². The van der Waals surface area contributed by atoms with Gasteiger partial charge in [0.25, 0.3) is 5.91 Å². The summed E-state index contributed by atoms with van der Waals surface area (Å²) in [4.78, 5) is 15.6. The molecular weight excluding hydrogens is 442 g/mol. The molecule has 1 aliphatic rings. The number of nitrogens with one attached hydrogen (secondary N) is 1. The Balaban J connectivity index is 1.23. The number of anilines is 1. The van der Waals surface area contributed by atoms with E-state index in [0.29, 0.717) is 23.0 Å². The summed E-state index contributed by atoms with van der Waals surface area (Å²) in [5.41, 5.74) is 1.72. The second-order valence-corrected chi connectivity index (χ2v) is 9.01. The number of fused-ring (bicyclic) bond motifs is 1. The Morgan fingerprint density at radius 3 is 2.69 bits per heavy atom. The van der Waals surface area contributed by atoms with Crippen LogP contribution in [0.1, 0.15) is 15.2 Å². The lowest BCUT2D eigenvalue weighted by molar-refractivity contribution is 0.103. The van der Waals surface area contributed by atoms with Crippen LogP contribution in [0.3, 0.4) is 0 Å². The van der Waals surface area contributed by atoms with Gasteiger partial charge in [-0.15, -0.1) is 11.3 Å². The van der Waals surface area contributed by atoms with E-state index >= 15 is 0 Å². The van der Waals surface area contributed by atoms with Crippen LogP contribution in [0.5, 0.6) is 17.2 Å². The number of thiophene rings is 1. The zero-order valence-electron chi connectivity index (χ0n) is 16.9. The third-order valence-corrected chi connectivity index (χ3v) is 6.79. The molecule has 32 heavy (non-hydrogen) atoms. The predicted octanol–water partition coefficient (Wildman–Crippen LogP) is 6.46. The zero-order valence-corrected chi connectivity index (χ0v) is 18.6. The van der Waals surface area contributed by atoms with E-state index in [1.165, 1.54) is 11.3 Å². The molecule has 7 heteroatoms. The summed E-state index contributed by atoms with van der Waals surface area (Å²) >= 11 is 3.02. The number of benzene rings is 3. The summed E-state index contributed by atoms with van der Waals surface area (Å²) in [6.45, 7) is 0.596. The number of hydrogen-bond acceptors (Lipinski definition) is 6. The fourth-order valence-electron chi connectivity index (χ4n) is 3.16. The summed E-state index contributed by atoms with van der Waals surface area (Å²) in [6, 6.07) is 25.2. The van der Waals surface area contributed by atoms with Crippen LogP contribution in [0.15, 0.2) is 94.0 Å². The SMILES string of the molecule is O=C(Nc1ccccc1Sc1ccccc1)c1cc(COc2ccc3c(c2)OCO3)cs1. The highest BCUT2D eigenvalue weighted by Gasteiger charge is 2.15. The van der Waals surface area contributed by atoms with Crippen LogP contribution in [0.4, 0.5) is 5.69 Å². The molecule has 0 saturated heterocycles. The highest BCUT2D eigenvalue weighted by Crippen LogP contribution is 2.36. The number of amides is 1. The summed E-state index contributed by atoms with van der Waals surface area (Å²) in [6.07, 6.45) is 0. The smallest absolute Gasteiger partial charge is 0.265 e. The average molecular weight is 462 g/mol. The Morgan fingerprint density at radius 2 is 1.78 bits per heavy atom. The summed E-state index contributed by atoms with van der Waals surface area (Å²) < 4.78 is 16.5. The molecule has 0 radical (unpaired) electrons. The molecule has 0 spiro atoms. The molecule has 5 nitrogen and oxygen atoms in total. The van der Waals surface area contributed by atoms with Crippen molar-refractivity contribution in [1.29, 1.82) is 0 Å². The van der Waals surface area contributed by atoms with Gasteiger partial charge in [-0.05, 0) is 47.8 Å². The fraction of sp³-hybridized carbons (Fsp3) is 0.0800. The molecule has 0 unspecified atom stereocenters. The Kier molecular flexibility index (Phi) is 6.00. The van der Waals surface area contributed by atoms with Gasteiger partial charge in [0.1, 0.15) is 12.4 Å². The van der Waals surface area contributed by atoms with Gasteiger partial charge < -0.3 is 19.5 Å². The predicted molar refractivity (Wildman–Crippen MR) is 126 cm³/mol. The van der Waals surface area contributed by atoms with Gasteiger partial charge in [0.05, 0.1) is 10.6 Å². The highest BCUT2D eigenvalue weighted by atomic mass is 32.2. The lowest BCUT2D eigenvalue weighted by Crippen LogP contribution is -2.10. The summed E-state index contributed by atoms with van der Waals surface area (Å²) in [5.74, 6) is 1.96. The summed E-state index contributed by atoms with van der Waals surface area (Å²) in [5, 5.41) is 4.98. The fourth-order valence-corrected chi connectivity index (χ4v) is 4.88. The van der Waals surface area contributed by atoms with Gasteiger partial charge in [-0.2, -0.15) is 0 Å². The van der Waals surface area contributed by atoms with Crippen molar-refractivity contribution in [3.8, 4) is 17.2 Å². The third kappa shape index (κ3) is 4.74. The van der Waals surface area contributed by atoms with Gasteiger partial charge in [-0.25, -0.2) is 0 Å². The minimum absolute atomic E-state index is 0.134. The van der Waals surface area contributed by atoms with Crippen molar-refractivity contribution < 1.29 is 19.0 Å². The molecule has 0 saturated carbocycles. The maximum absolute atomic E-state index is 12.9. The van der Waals surface area contributed by atoms with Crippen LogP contribution in [0, 0.1) is 0 Å². The maximum atomic E-state index is 12.9. The first-order valence-electron chi connectivity index (χ1n) is 9.98. The quantitative estimate of drug-likeness (QED) is 0.342. The molecule has 1 aliphatic heterocycles. The second kappa shape index (κ2) is 9.38. The van der Waals surface area contributed by atoms with Gasteiger partial charge >= 0.3 is 0 Å².